The first kappa shape index (κ1) is 20.6. The second-order valence-electron chi connectivity index (χ2n) is 7.20. The van der Waals surface area contributed by atoms with E-state index in [1.165, 1.54) is 12.1 Å². The molecule has 29 heavy (non-hydrogen) atoms. The number of aryl methyl sites for hydroxylation is 3. The first-order chi connectivity index (χ1) is 13.8. The number of benzene rings is 1. The predicted molar refractivity (Wildman–Crippen MR) is 109 cm³/mol. The van der Waals surface area contributed by atoms with Gasteiger partial charge in [-0.3, -0.25) is 14.3 Å². The molecule has 0 saturated heterocycles. The lowest BCUT2D eigenvalue weighted by Crippen LogP contribution is -2.37. The maximum absolute atomic E-state index is 13.6. The van der Waals surface area contributed by atoms with Crippen molar-refractivity contribution in [2.75, 3.05) is 6.61 Å². The van der Waals surface area contributed by atoms with Crippen LogP contribution >= 0.6 is 0 Å². The maximum atomic E-state index is 13.6. The molecule has 0 aliphatic carbocycles. The van der Waals surface area contributed by atoms with E-state index in [0.29, 0.717) is 17.6 Å². The number of carbonyl (C=O) groups is 1. The number of para-hydroxylation sites is 1. The molecule has 0 saturated carbocycles. The van der Waals surface area contributed by atoms with Gasteiger partial charge in [0.25, 0.3) is 5.56 Å². The summed E-state index contributed by atoms with van der Waals surface area (Å²) < 4.78 is 20.6. The Bertz CT molecular complexity index is 1100. The summed E-state index contributed by atoms with van der Waals surface area (Å²) in [6.45, 7) is 5.70. The van der Waals surface area contributed by atoms with Gasteiger partial charge in [0.2, 0.25) is 5.91 Å². The number of hydrogen-bond donors (Lipinski definition) is 2. The monoisotopic (exact) mass is 400 g/mol. The highest BCUT2D eigenvalue weighted by Crippen LogP contribution is 2.21. The Labute approximate surface area is 167 Å². The van der Waals surface area contributed by atoms with Gasteiger partial charge in [-0.05, 0) is 44.9 Å². The van der Waals surface area contributed by atoms with Gasteiger partial charge in [-0.2, -0.15) is 5.10 Å². The highest BCUT2D eigenvalue weighted by molar-refractivity contribution is 5.83. The van der Waals surface area contributed by atoms with E-state index in [-0.39, 0.29) is 36.3 Å². The SMILES string of the molecule is Cc1nn(C)c2[nH]c(=O)c(CCC(=O)NC(C)COc3ccccc3F)c(C)c12. The van der Waals surface area contributed by atoms with Gasteiger partial charge in [0, 0.05) is 24.4 Å². The molecule has 3 aromatic rings. The molecule has 0 aliphatic heterocycles. The van der Waals surface area contributed by atoms with Gasteiger partial charge < -0.3 is 15.0 Å². The predicted octanol–water partition coefficient (Wildman–Crippen LogP) is 2.53. The van der Waals surface area contributed by atoms with E-state index in [1.54, 1.807) is 30.8 Å². The van der Waals surface area contributed by atoms with Crippen LogP contribution in [0, 0.1) is 19.7 Å². The van der Waals surface area contributed by atoms with Crippen molar-refractivity contribution in [1.29, 1.82) is 0 Å². The summed E-state index contributed by atoms with van der Waals surface area (Å²) in [6.07, 6.45) is 0.483. The average molecular weight is 400 g/mol. The van der Waals surface area contributed by atoms with E-state index in [0.717, 1.165) is 16.6 Å². The summed E-state index contributed by atoms with van der Waals surface area (Å²) in [4.78, 5) is 27.6. The number of ether oxygens (including phenoxy) is 1. The third-order valence-corrected chi connectivity index (χ3v) is 4.89. The van der Waals surface area contributed by atoms with E-state index in [2.05, 4.69) is 15.4 Å². The molecule has 3 rings (SSSR count). The number of nitrogens with one attached hydrogen (secondary N) is 2. The number of aromatic amines is 1. The molecule has 0 aliphatic rings. The minimum atomic E-state index is -0.443. The minimum absolute atomic E-state index is 0.146. The topological polar surface area (TPSA) is 89.0 Å². The van der Waals surface area contributed by atoms with E-state index in [4.69, 9.17) is 4.74 Å². The smallest absolute Gasteiger partial charge is 0.253 e. The molecule has 2 aromatic heterocycles. The summed E-state index contributed by atoms with van der Waals surface area (Å²) >= 11 is 0. The van der Waals surface area contributed by atoms with Crippen LogP contribution in [0.4, 0.5) is 4.39 Å². The molecule has 2 N–H and O–H groups in total. The quantitative estimate of drug-likeness (QED) is 0.638. The number of rotatable bonds is 7. The van der Waals surface area contributed by atoms with Gasteiger partial charge in [0.05, 0.1) is 11.7 Å². The average Bonchev–Trinajstić information content (AvgIpc) is 2.94. The number of halogens is 1. The van der Waals surface area contributed by atoms with Crippen molar-refractivity contribution in [3.63, 3.8) is 0 Å². The number of nitrogens with zero attached hydrogens (tertiary/aromatic N) is 2. The highest BCUT2D eigenvalue weighted by Gasteiger charge is 2.16. The third-order valence-electron chi connectivity index (χ3n) is 4.89. The molecular formula is C21H25FN4O3. The third kappa shape index (κ3) is 4.47. The van der Waals surface area contributed by atoms with Crippen LogP contribution in [-0.4, -0.2) is 33.3 Å². The summed E-state index contributed by atoms with van der Waals surface area (Å²) in [7, 11) is 1.78. The van der Waals surface area contributed by atoms with Gasteiger partial charge in [0.1, 0.15) is 12.3 Å². The van der Waals surface area contributed by atoms with Crippen molar-refractivity contribution < 1.29 is 13.9 Å². The Balaban J connectivity index is 1.60. The van der Waals surface area contributed by atoms with E-state index < -0.39 is 5.82 Å². The number of hydrogen-bond acceptors (Lipinski definition) is 4. The van der Waals surface area contributed by atoms with Crippen molar-refractivity contribution in [2.45, 2.75) is 39.7 Å². The van der Waals surface area contributed by atoms with Crippen LogP contribution in [-0.2, 0) is 18.3 Å². The Kier molecular flexibility index (Phi) is 6.00. The Hall–Kier alpha value is -3.16. The molecule has 1 amide bonds. The number of fused-ring (bicyclic) bond motifs is 1. The Morgan fingerprint density at radius 3 is 2.79 bits per heavy atom. The van der Waals surface area contributed by atoms with Gasteiger partial charge in [0.15, 0.2) is 11.6 Å². The molecule has 1 aromatic carbocycles. The second-order valence-corrected chi connectivity index (χ2v) is 7.20. The van der Waals surface area contributed by atoms with E-state index >= 15 is 0 Å². The van der Waals surface area contributed by atoms with Crippen molar-refractivity contribution >= 4 is 16.9 Å². The molecule has 7 nitrogen and oxygen atoms in total. The lowest BCUT2D eigenvalue weighted by molar-refractivity contribution is -0.121. The molecular weight excluding hydrogens is 375 g/mol. The zero-order chi connectivity index (χ0) is 21.1. The van der Waals surface area contributed by atoms with Crippen LogP contribution < -0.4 is 15.6 Å². The molecule has 0 spiro atoms. The van der Waals surface area contributed by atoms with Gasteiger partial charge >= 0.3 is 0 Å². The van der Waals surface area contributed by atoms with Crippen LogP contribution in [0.25, 0.3) is 11.0 Å². The fourth-order valence-electron chi connectivity index (χ4n) is 3.46. The zero-order valence-electron chi connectivity index (χ0n) is 17.0. The molecule has 8 heteroatoms. The van der Waals surface area contributed by atoms with Crippen LogP contribution in [0.3, 0.4) is 0 Å². The van der Waals surface area contributed by atoms with Crippen LogP contribution in [0.15, 0.2) is 29.1 Å². The largest absolute Gasteiger partial charge is 0.488 e. The van der Waals surface area contributed by atoms with Gasteiger partial charge in [-0.25, -0.2) is 4.39 Å². The van der Waals surface area contributed by atoms with Crippen molar-refractivity contribution in [2.24, 2.45) is 7.05 Å². The fraction of sp³-hybridized carbons (Fsp3) is 0.381. The summed E-state index contributed by atoms with van der Waals surface area (Å²) in [6, 6.07) is 5.82. The van der Waals surface area contributed by atoms with Crippen LogP contribution in [0.5, 0.6) is 5.75 Å². The van der Waals surface area contributed by atoms with E-state index in [9.17, 15) is 14.0 Å². The highest BCUT2D eigenvalue weighted by atomic mass is 19.1. The number of pyridine rings is 1. The lowest BCUT2D eigenvalue weighted by Gasteiger charge is -2.15. The Morgan fingerprint density at radius 2 is 2.07 bits per heavy atom. The van der Waals surface area contributed by atoms with Crippen molar-refractivity contribution in [1.82, 2.24) is 20.1 Å². The molecule has 1 unspecified atom stereocenters. The molecule has 2 heterocycles. The maximum Gasteiger partial charge on any atom is 0.253 e. The normalized spacial score (nSPS) is 12.2. The molecule has 1 atom stereocenters. The van der Waals surface area contributed by atoms with Crippen molar-refractivity contribution in [3.05, 3.63) is 57.3 Å². The van der Waals surface area contributed by atoms with E-state index in [1.807, 2.05) is 13.8 Å². The number of aromatic nitrogens is 3. The number of H-pyrrole nitrogens is 1. The second kappa shape index (κ2) is 8.46. The van der Waals surface area contributed by atoms with Crippen LogP contribution in [0.1, 0.15) is 30.2 Å². The van der Waals surface area contributed by atoms with Crippen molar-refractivity contribution in [3.8, 4) is 5.75 Å². The lowest BCUT2D eigenvalue weighted by atomic mass is 10.0. The fourth-order valence-corrected chi connectivity index (χ4v) is 3.46. The first-order valence-corrected chi connectivity index (χ1v) is 9.49. The molecule has 0 bridgehead atoms. The zero-order valence-corrected chi connectivity index (χ0v) is 17.0. The summed E-state index contributed by atoms with van der Waals surface area (Å²) in [5.74, 6) is -0.492. The summed E-state index contributed by atoms with van der Waals surface area (Å²) in [5.41, 5.74) is 2.73. The molecule has 0 fully saturated rings. The van der Waals surface area contributed by atoms with Crippen LogP contribution in [0.2, 0.25) is 0 Å². The molecule has 154 valence electrons. The summed E-state index contributed by atoms with van der Waals surface area (Å²) in [5, 5.41) is 8.07. The minimum Gasteiger partial charge on any atom is -0.488 e. The van der Waals surface area contributed by atoms with Gasteiger partial charge in [-0.1, -0.05) is 12.1 Å². The standard InChI is InChI=1S/C21H25FN4O3/c1-12(11-29-17-8-6-5-7-16(17)22)23-18(27)10-9-15-13(2)19-14(3)25-26(4)20(19)24-21(15)28/h5-8,12H,9-11H2,1-4H3,(H,23,27)(H,24,28). The molecule has 0 radical (unpaired) electrons. The first-order valence-electron chi connectivity index (χ1n) is 9.49. The number of amides is 1. The number of carbonyl (C=O) groups excluding carboxylic acids is 1. The Morgan fingerprint density at radius 1 is 1.34 bits per heavy atom. The van der Waals surface area contributed by atoms with Gasteiger partial charge in [-0.15, -0.1) is 0 Å².